The number of anilines is 1. The number of carbonyl (C=O) groups is 1. The van der Waals surface area contributed by atoms with E-state index < -0.39 is 5.97 Å². The normalized spacial score (nSPS) is 18.6. The molecule has 0 spiro atoms. The van der Waals surface area contributed by atoms with Crippen molar-refractivity contribution in [2.45, 2.75) is 38.5 Å². The first-order valence-electron chi connectivity index (χ1n) is 6.77. The smallest absolute Gasteiger partial charge is 0.303 e. The molecule has 96 valence electrons. The molecule has 1 atom stereocenters. The van der Waals surface area contributed by atoms with Crippen LogP contribution in [-0.2, 0) is 17.6 Å². The Morgan fingerprint density at radius 1 is 1.33 bits per heavy atom. The molecular formula is C15H19NO2. The highest BCUT2D eigenvalue weighted by atomic mass is 16.4. The van der Waals surface area contributed by atoms with Crippen molar-refractivity contribution in [1.82, 2.24) is 0 Å². The second kappa shape index (κ2) is 4.30. The van der Waals surface area contributed by atoms with Crippen molar-refractivity contribution < 1.29 is 9.90 Å². The number of aryl methyl sites for hydroxylation is 1. The second-order valence-electron chi connectivity index (χ2n) is 5.53. The van der Waals surface area contributed by atoms with Crippen LogP contribution in [0.2, 0.25) is 0 Å². The SMILES string of the molecule is CC(CC(=O)O)c1cc2c3c(c1)CCN3CCC2. The molecule has 0 fully saturated rings. The molecule has 0 radical (unpaired) electrons. The molecule has 0 aromatic heterocycles. The van der Waals surface area contributed by atoms with E-state index in [2.05, 4.69) is 17.0 Å². The molecule has 3 rings (SSSR count). The van der Waals surface area contributed by atoms with Crippen molar-refractivity contribution in [3.05, 3.63) is 28.8 Å². The Kier molecular flexibility index (Phi) is 2.77. The average Bonchev–Trinajstić information content (AvgIpc) is 2.74. The van der Waals surface area contributed by atoms with Crippen LogP contribution in [0.5, 0.6) is 0 Å². The Balaban J connectivity index is 1.97. The largest absolute Gasteiger partial charge is 0.481 e. The molecule has 2 aliphatic rings. The Bertz CT molecular complexity index is 496. The Hall–Kier alpha value is -1.51. The summed E-state index contributed by atoms with van der Waals surface area (Å²) in [5.74, 6) is -0.599. The number of hydrogen-bond acceptors (Lipinski definition) is 2. The van der Waals surface area contributed by atoms with Gasteiger partial charge in [0.2, 0.25) is 0 Å². The minimum Gasteiger partial charge on any atom is -0.481 e. The van der Waals surface area contributed by atoms with E-state index in [0.717, 1.165) is 19.4 Å². The highest BCUT2D eigenvalue weighted by Crippen LogP contribution is 2.38. The maximum Gasteiger partial charge on any atom is 0.303 e. The van der Waals surface area contributed by atoms with Crippen LogP contribution in [-0.4, -0.2) is 24.2 Å². The predicted molar refractivity (Wildman–Crippen MR) is 71.3 cm³/mol. The summed E-state index contributed by atoms with van der Waals surface area (Å²) < 4.78 is 0. The van der Waals surface area contributed by atoms with Gasteiger partial charge in [-0.2, -0.15) is 0 Å². The van der Waals surface area contributed by atoms with Gasteiger partial charge in [0.15, 0.2) is 0 Å². The quantitative estimate of drug-likeness (QED) is 0.889. The van der Waals surface area contributed by atoms with Gasteiger partial charge in [0.25, 0.3) is 0 Å². The van der Waals surface area contributed by atoms with E-state index >= 15 is 0 Å². The molecule has 2 heterocycles. The van der Waals surface area contributed by atoms with Gasteiger partial charge in [-0.1, -0.05) is 19.1 Å². The maximum atomic E-state index is 10.8. The van der Waals surface area contributed by atoms with Gasteiger partial charge in [-0.05, 0) is 41.9 Å². The molecule has 1 aromatic carbocycles. The van der Waals surface area contributed by atoms with Gasteiger partial charge in [0, 0.05) is 18.8 Å². The lowest BCUT2D eigenvalue weighted by Gasteiger charge is -2.28. The van der Waals surface area contributed by atoms with Crippen LogP contribution in [0.15, 0.2) is 12.1 Å². The fourth-order valence-electron chi connectivity index (χ4n) is 3.29. The third kappa shape index (κ3) is 1.88. The number of aliphatic carboxylic acids is 1. The third-order valence-electron chi connectivity index (χ3n) is 4.18. The van der Waals surface area contributed by atoms with Gasteiger partial charge in [0.1, 0.15) is 0 Å². The van der Waals surface area contributed by atoms with Crippen LogP contribution >= 0.6 is 0 Å². The first-order chi connectivity index (χ1) is 8.65. The lowest BCUT2D eigenvalue weighted by molar-refractivity contribution is -0.137. The summed E-state index contributed by atoms with van der Waals surface area (Å²) in [6, 6.07) is 4.47. The second-order valence-corrected chi connectivity index (χ2v) is 5.53. The molecule has 18 heavy (non-hydrogen) atoms. The molecule has 2 aliphatic heterocycles. The van der Waals surface area contributed by atoms with Crippen LogP contribution in [0.3, 0.4) is 0 Å². The zero-order chi connectivity index (χ0) is 12.7. The molecule has 0 amide bonds. The van der Waals surface area contributed by atoms with Gasteiger partial charge in [-0.15, -0.1) is 0 Å². The van der Waals surface area contributed by atoms with Gasteiger partial charge in [-0.25, -0.2) is 0 Å². The van der Waals surface area contributed by atoms with Gasteiger partial charge in [-0.3, -0.25) is 4.79 Å². The molecule has 0 aliphatic carbocycles. The highest BCUT2D eigenvalue weighted by molar-refractivity contribution is 5.69. The number of hydrogen-bond donors (Lipinski definition) is 1. The number of carboxylic acid groups (broad SMARTS) is 1. The Morgan fingerprint density at radius 2 is 2.06 bits per heavy atom. The standard InChI is InChI=1S/C15H19NO2/c1-10(7-14(17)18)13-8-11-3-2-5-16-6-4-12(9-13)15(11)16/h8-10H,2-7H2,1H3,(H,17,18). The van der Waals surface area contributed by atoms with Gasteiger partial charge < -0.3 is 10.0 Å². The molecule has 3 nitrogen and oxygen atoms in total. The first-order valence-corrected chi connectivity index (χ1v) is 6.77. The monoisotopic (exact) mass is 245 g/mol. The number of benzene rings is 1. The maximum absolute atomic E-state index is 10.8. The summed E-state index contributed by atoms with van der Waals surface area (Å²) in [6.45, 7) is 4.33. The van der Waals surface area contributed by atoms with Crippen LogP contribution in [0.4, 0.5) is 5.69 Å². The van der Waals surface area contributed by atoms with Crippen molar-refractivity contribution in [2.75, 3.05) is 18.0 Å². The predicted octanol–water partition coefficient (Wildman–Crippen LogP) is 2.57. The average molecular weight is 245 g/mol. The van der Waals surface area contributed by atoms with Crippen molar-refractivity contribution in [2.24, 2.45) is 0 Å². The summed E-state index contributed by atoms with van der Waals surface area (Å²) in [4.78, 5) is 13.3. The van der Waals surface area contributed by atoms with E-state index in [-0.39, 0.29) is 12.3 Å². The molecule has 0 saturated carbocycles. The van der Waals surface area contributed by atoms with Crippen molar-refractivity contribution in [3.8, 4) is 0 Å². The Labute approximate surface area is 107 Å². The van der Waals surface area contributed by atoms with Crippen LogP contribution in [0, 0.1) is 0 Å². The zero-order valence-electron chi connectivity index (χ0n) is 10.8. The van der Waals surface area contributed by atoms with E-state index in [0.29, 0.717) is 0 Å². The molecule has 3 heteroatoms. The molecular weight excluding hydrogens is 226 g/mol. The summed E-state index contributed by atoms with van der Waals surface area (Å²) >= 11 is 0. The van der Waals surface area contributed by atoms with Crippen molar-refractivity contribution >= 4 is 11.7 Å². The molecule has 0 bridgehead atoms. The van der Waals surface area contributed by atoms with E-state index in [1.165, 1.54) is 35.3 Å². The lowest BCUT2D eigenvalue weighted by Crippen LogP contribution is -2.26. The highest BCUT2D eigenvalue weighted by Gasteiger charge is 2.26. The topological polar surface area (TPSA) is 40.5 Å². The number of carboxylic acids is 1. The van der Waals surface area contributed by atoms with Gasteiger partial charge in [0.05, 0.1) is 6.42 Å². The number of rotatable bonds is 3. The van der Waals surface area contributed by atoms with E-state index in [4.69, 9.17) is 5.11 Å². The van der Waals surface area contributed by atoms with Crippen LogP contribution in [0.25, 0.3) is 0 Å². The summed E-state index contributed by atoms with van der Waals surface area (Å²) in [5.41, 5.74) is 5.52. The van der Waals surface area contributed by atoms with Crippen LogP contribution < -0.4 is 4.90 Å². The van der Waals surface area contributed by atoms with Gasteiger partial charge >= 0.3 is 5.97 Å². The fourth-order valence-corrected chi connectivity index (χ4v) is 3.29. The minimum atomic E-state index is -0.710. The molecule has 1 unspecified atom stereocenters. The minimum absolute atomic E-state index is 0.111. The van der Waals surface area contributed by atoms with Crippen molar-refractivity contribution in [3.63, 3.8) is 0 Å². The lowest BCUT2D eigenvalue weighted by atomic mass is 9.90. The summed E-state index contributed by atoms with van der Waals surface area (Å²) in [7, 11) is 0. The van der Waals surface area contributed by atoms with E-state index in [9.17, 15) is 4.79 Å². The molecule has 0 saturated heterocycles. The van der Waals surface area contributed by atoms with E-state index in [1.807, 2.05) is 6.92 Å². The fraction of sp³-hybridized carbons (Fsp3) is 0.533. The molecule has 1 aromatic rings. The van der Waals surface area contributed by atoms with Crippen LogP contribution in [0.1, 0.15) is 42.4 Å². The number of nitrogens with zero attached hydrogens (tertiary/aromatic N) is 1. The zero-order valence-corrected chi connectivity index (χ0v) is 10.8. The summed E-state index contributed by atoms with van der Waals surface area (Å²) in [5, 5.41) is 8.91. The Morgan fingerprint density at radius 3 is 2.78 bits per heavy atom. The van der Waals surface area contributed by atoms with Crippen molar-refractivity contribution in [1.29, 1.82) is 0 Å². The van der Waals surface area contributed by atoms with E-state index in [1.54, 1.807) is 0 Å². The summed E-state index contributed by atoms with van der Waals surface area (Å²) in [6.07, 6.45) is 3.72. The first kappa shape index (κ1) is 11.6. The third-order valence-corrected chi connectivity index (χ3v) is 4.18. The molecule has 1 N–H and O–H groups in total.